The number of nitrogens with zero attached hydrogens (tertiary/aromatic N) is 2. The van der Waals surface area contributed by atoms with Gasteiger partial charge in [-0.1, -0.05) is 11.6 Å². The van der Waals surface area contributed by atoms with E-state index in [1.54, 1.807) is 23.5 Å². The fourth-order valence-corrected chi connectivity index (χ4v) is 2.35. The Balaban J connectivity index is 2.05. The van der Waals surface area contributed by atoms with Crippen LogP contribution >= 0.6 is 22.9 Å². The van der Waals surface area contributed by atoms with Gasteiger partial charge in [-0.05, 0) is 25.1 Å². The average Bonchev–Trinajstić information content (AvgIpc) is 2.73. The minimum atomic E-state index is 0.470. The second-order valence-electron chi connectivity index (χ2n) is 3.51. The third-order valence-electron chi connectivity index (χ3n) is 2.23. The number of hydrogen-bond acceptors (Lipinski definition) is 4. The fourth-order valence-electron chi connectivity index (χ4n) is 1.39. The summed E-state index contributed by atoms with van der Waals surface area (Å²) in [6, 6.07) is 7.35. The maximum Gasteiger partial charge on any atom is 0.101 e. The first kappa shape index (κ1) is 11.9. The number of aromatic nitrogens is 1. The molecule has 2 rings (SSSR count). The number of hydrogen-bond donors (Lipinski definition) is 1. The molecule has 0 atom stereocenters. The summed E-state index contributed by atoms with van der Waals surface area (Å²) in [5.74, 6) is 0. The van der Waals surface area contributed by atoms with Crippen molar-refractivity contribution in [2.24, 2.45) is 0 Å². The Morgan fingerprint density at radius 1 is 1.53 bits per heavy atom. The van der Waals surface area contributed by atoms with E-state index in [0.717, 1.165) is 10.7 Å². The lowest BCUT2D eigenvalue weighted by molar-refractivity contribution is 1.17. The molecule has 0 radical (unpaired) electrons. The lowest BCUT2D eigenvalue weighted by Gasteiger charge is -2.05. The van der Waals surface area contributed by atoms with Crippen molar-refractivity contribution in [3.63, 3.8) is 0 Å². The van der Waals surface area contributed by atoms with Gasteiger partial charge in [-0.15, -0.1) is 11.3 Å². The highest BCUT2D eigenvalue weighted by Crippen LogP contribution is 2.21. The van der Waals surface area contributed by atoms with E-state index < -0.39 is 0 Å². The van der Waals surface area contributed by atoms with Crippen molar-refractivity contribution in [3.05, 3.63) is 44.9 Å². The summed E-state index contributed by atoms with van der Waals surface area (Å²) in [5.41, 5.74) is 1.39. The molecule has 0 unspecified atom stereocenters. The first-order chi connectivity index (χ1) is 8.19. The third kappa shape index (κ3) is 2.96. The minimum absolute atomic E-state index is 0.470. The van der Waals surface area contributed by atoms with E-state index in [1.165, 1.54) is 4.88 Å². The van der Waals surface area contributed by atoms with Crippen LogP contribution in [0.3, 0.4) is 0 Å². The lowest BCUT2D eigenvalue weighted by atomic mass is 10.2. The van der Waals surface area contributed by atoms with E-state index >= 15 is 0 Å². The van der Waals surface area contributed by atoms with Crippen LogP contribution in [-0.4, -0.2) is 4.98 Å². The van der Waals surface area contributed by atoms with Gasteiger partial charge in [0.2, 0.25) is 0 Å². The molecule has 17 heavy (non-hydrogen) atoms. The average molecular weight is 264 g/mol. The van der Waals surface area contributed by atoms with Crippen molar-refractivity contribution in [3.8, 4) is 6.07 Å². The SMILES string of the molecule is Cc1ncc(CNc2ccc(C#N)c(Cl)c2)s1. The van der Waals surface area contributed by atoms with Crippen LogP contribution in [0.4, 0.5) is 5.69 Å². The van der Waals surface area contributed by atoms with Crippen LogP contribution in [0.5, 0.6) is 0 Å². The molecule has 0 aliphatic heterocycles. The molecule has 0 aliphatic carbocycles. The Morgan fingerprint density at radius 3 is 2.94 bits per heavy atom. The maximum absolute atomic E-state index is 8.76. The van der Waals surface area contributed by atoms with Gasteiger partial charge in [-0.3, -0.25) is 0 Å². The molecule has 2 aromatic rings. The van der Waals surface area contributed by atoms with Crippen molar-refractivity contribution < 1.29 is 0 Å². The molecule has 1 heterocycles. The number of nitriles is 1. The molecule has 3 nitrogen and oxygen atoms in total. The van der Waals surface area contributed by atoms with Crippen molar-refractivity contribution >= 4 is 28.6 Å². The Morgan fingerprint density at radius 2 is 2.35 bits per heavy atom. The molecule has 5 heteroatoms. The zero-order valence-electron chi connectivity index (χ0n) is 9.20. The van der Waals surface area contributed by atoms with Crippen molar-refractivity contribution in [2.45, 2.75) is 13.5 Å². The highest BCUT2D eigenvalue weighted by molar-refractivity contribution is 7.11. The second kappa shape index (κ2) is 5.17. The van der Waals surface area contributed by atoms with Gasteiger partial charge in [0.1, 0.15) is 6.07 Å². The number of benzene rings is 1. The summed E-state index contributed by atoms with van der Waals surface area (Å²) in [5, 5.41) is 13.5. The Hall–Kier alpha value is -1.57. The van der Waals surface area contributed by atoms with Crippen molar-refractivity contribution in [1.29, 1.82) is 5.26 Å². The van der Waals surface area contributed by atoms with Gasteiger partial charge in [-0.2, -0.15) is 5.26 Å². The predicted molar refractivity (Wildman–Crippen MR) is 70.3 cm³/mol. The lowest BCUT2D eigenvalue weighted by Crippen LogP contribution is -1.97. The van der Waals surface area contributed by atoms with Crippen LogP contribution in [0.15, 0.2) is 24.4 Å². The molecule has 0 spiro atoms. The van der Waals surface area contributed by atoms with Gasteiger partial charge in [0.05, 0.1) is 22.1 Å². The predicted octanol–water partition coefficient (Wildman–Crippen LogP) is 3.59. The first-order valence-corrected chi connectivity index (χ1v) is 6.23. The van der Waals surface area contributed by atoms with Crippen LogP contribution in [0.25, 0.3) is 0 Å². The van der Waals surface area contributed by atoms with Crippen LogP contribution in [0.1, 0.15) is 15.4 Å². The van der Waals surface area contributed by atoms with Gasteiger partial charge in [0.15, 0.2) is 0 Å². The van der Waals surface area contributed by atoms with E-state index in [9.17, 15) is 0 Å². The number of nitrogens with one attached hydrogen (secondary N) is 1. The van der Waals surface area contributed by atoms with Gasteiger partial charge in [0.25, 0.3) is 0 Å². The zero-order chi connectivity index (χ0) is 12.3. The largest absolute Gasteiger partial charge is 0.380 e. The summed E-state index contributed by atoms with van der Waals surface area (Å²) in [6.07, 6.45) is 1.86. The van der Waals surface area contributed by atoms with Gasteiger partial charge < -0.3 is 5.32 Å². The van der Waals surface area contributed by atoms with E-state index in [2.05, 4.69) is 10.3 Å². The molecule has 1 aromatic carbocycles. The third-order valence-corrected chi connectivity index (χ3v) is 3.45. The van der Waals surface area contributed by atoms with E-state index in [1.807, 2.05) is 25.3 Å². The molecular formula is C12H10ClN3S. The van der Waals surface area contributed by atoms with Crippen LogP contribution in [0.2, 0.25) is 5.02 Å². The summed E-state index contributed by atoms with van der Waals surface area (Å²) < 4.78 is 0. The molecule has 1 aromatic heterocycles. The molecule has 0 amide bonds. The van der Waals surface area contributed by atoms with Crippen LogP contribution < -0.4 is 5.32 Å². The fraction of sp³-hybridized carbons (Fsp3) is 0.167. The normalized spacial score (nSPS) is 9.94. The Labute approximate surface area is 109 Å². The molecule has 1 N–H and O–H groups in total. The molecular weight excluding hydrogens is 254 g/mol. The maximum atomic E-state index is 8.76. The highest BCUT2D eigenvalue weighted by atomic mass is 35.5. The highest BCUT2D eigenvalue weighted by Gasteiger charge is 2.02. The van der Waals surface area contributed by atoms with Gasteiger partial charge in [0, 0.05) is 16.8 Å². The summed E-state index contributed by atoms with van der Waals surface area (Å²) in [7, 11) is 0. The van der Waals surface area contributed by atoms with Crippen molar-refractivity contribution in [1.82, 2.24) is 4.98 Å². The van der Waals surface area contributed by atoms with Crippen LogP contribution in [0, 0.1) is 18.3 Å². The summed E-state index contributed by atoms with van der Waals surface area (Å²) in [6.45, 7) is 2.69. The number of thiazole rings is 1. The molecule has 0 fully saturated rings. The van der Waals surface area contributed by atoms with Crippen LogP contribution in [-0.2, 0) is 6.54 Å². The molecule has 0 bridgehead atoms. The standard InChI is InChI=1S/C12H10ClN3S/c1-8-15-6-11(17-8)7-16-10-3-2-9(5-14)12(13)4-10/h2-4,6,16H,7H2,1H3. The minimum Gasteiger partial charge on any atom is -0.380 e. The summed E-state index contributed by atoms with van der Waals surface area (Å²) >= 11 is 7.60. The second-order valence-corrected chi connectivity index (χ2v) is 5.23. The van der Waals surface area contributed by atoms with Gasteiger partial charge >= 0.3 is 0 Å². The quantitative estimate of drug-likeness (QED) is 0.921. The monoisotopic (exact) mass is 263 g/mol. The van der Waals surface area contributed by atoms with Gasteiger partial charge in [-0.25, -0.2) is 4.98 Å². The first-order valence-electron chi connectivity index (χ1n) is 5.04. The Bertz CT molecular complexity index is 571. The molecule has 0 saturated carbocycles. The van der Waals surface area contributed by atoms with E-state index in [-0.39, 0.29) is 0 Å². The number of halogens is 1. The molecule has 0 saturated heterocycles. The number of rotatable bonds is 3. The smallest absolute Gasteiger partial charge is 0.101 e. The Kier molecular flexibility index (Phi) is 3.62. The topological polar surface area (TPSA) is 48.7 Å². The summed E-state index contributed by atoms with van der Waals surface area (Å²) in [4.78, 5) is 5.35. The number of anilines is 1. The number of aryl methyl sites for hydroxylation is 1. The van der Waals surface area contributed by atoms with E-state index in [0.29, 0.717) is 17.1 Å². The van der Waals surface area contributed by atoms with E-state index in [4.69, 9.17) is 16.9 Å². The molecule has 0 aliphatic rings. The zero-order valence-corrected chi connectivity index (χ0v) is 10.8. The molecule has 86 valence electrons. The van der Waals surface area contributed by atoms with Crippen molar-refractivity contribution in [2.75, 3.05) is 5.32 Å².